The van der Waals surface area contributed by atoms with Gasteiger partial charge in [-0.3, -0.25) is 9.78 Å². The minimum atomic E-state index is 0.0385. The molecule has 0 unspecified atom stereocenters. The Morgan fingerprint density at radius 3 is 2.16 bits per heavy atom. The van der Waals surface area contributed by atoms with Crippen LogP contribution in [-0.2, 0) is 11.3 Å². The monoisotopic (exact) mass is 416 g/mol. The predicted octanol–water partition coefficient (Wildman–Crippen LogP) is 3.16. The first-order valence-corrected chi connectivity index (χ1v) is 11.2. The smallest absolute Gasteiger partial charge is 0.223 e. The molecule has 0 aliphatic carbocycles. The molecule has 1 N–H and O–H groups in total. The lowest BCUT2D eigenvalue weighted by Gasteiger charge is -2.34. The number of rotatable bonds is 5. The van der Waals surface area contributed by atoms with Crippen molar-refractivity contribution < 1.29 is 4.79 Å². The van der Waals surface area contributed by atoms with E-state index < -0.39 is 0 Å². The molecule has 31 heavy (non-hydrogen) atoms. The van der Waals surface area contributed by atoms with E-state index in [4.69, 9.17) is 9.97 Å². The van der Waals surface area contributed by atoms with Gasteiger partial charge in [-0.15, -0.1) is 0 Å². The number of carbonyl (C=O) groups is 1. The van der Waals surface area contributed by atoms with Gasteiger partial charge < -0.3 is 15.1 Å². The van der Waals surface area contributed by atoms with Gasteiger partial charge in [0.25, 0.3) is 0 Å². The van der Waals surface area contributed by atoms with Crippen molar-refractivity contribution in [3.8, 4) is 0 Å². The van der Waals surface area contributed by atoms with Gasteiger partial charge in [-0.1, -0.05) is 18.2 Å². The molecular weight excluding hydrogens is 388 g/mol. The number of nitrogens with one attached hydrogen (secondary N) is 1. The van der Waals surface area contributed by atoms with Gasteiger partial charge in [0.1, 0.15) is 0 Å². The number of amides is 1. The van der Waals surface area contributed by atoms with Gasteiger partial charge in [0.15, 0.2) is 11.6 Å². The number of para-hydroxylation sites is 2. The zero-order valence-electron chi connectivity index (χ0n) is 17.7. The Morgan fingerprint density at radius 2 is 1.55 bits per heavy atom. The Balaban J connectivity index is 1.28. The van der Waals surface area contributed by atoms with Crippen LogP contribution >= 0.6 is 0 Å². The number of benzene rings is 1. The Hall–Kier alpha value is -3.22. The first kappa shape index (κ1) is 19.7. The summed E-state index contributed by atoms with van der Waals surface area (Å²) in [6, 6.07) is 12.0. The van der Waals surface area contributed by atoms with E-state index >= 15 is 0 Å². The van der Waals surface area contributed by atoms with Gasteiger partial charge in [0.05, 0.1) is 11.0 Å². The van der Waals surface area contributed by atoms with Crippen LogP contribution in [0.3, 0.4) is 0 Å². The average Bonchev–Trinajstić information content (AvgIpc) is 3.37. The molecule has 4 heterocycles. The van der Waals surface area contributed by atoms with Crippen molar-refractivity contribution in [1.82, 2.24) is 20.3 Å². The van der Waals surface area contributed by atoms with Gasteiger partial charge in [0.2, 0.25) is 5.91 Å². The summed E-state index contributed by atoms with van der Waals surface area (Å²) < 4.78 is 0. The molecule has 7 nitrogen and oxygen atoms in total. The summed E-state index contributed by atoms with van der Waals surface area (Å²) in [5.41, 5.74) is 2.89. The molecule has 2 saturated heterocycles. The van der Waals surface area contributed by atoms with E-state index in [0.717, 1.165) is 67.3 Å². The molecule has 0 bridgehead atoms. The molecule has 0 atom stereocenters. The fourth-order valence-corrected chi connectivity index (χ4v) is 4.52. The molecule has 0 radical (unpaired) electrons. The van der Waals surface area contributed by atoms with Gasteiger partial charge in [-0.05, 0) is 49.4 Å². The standard InChI is InChI=1S/C24H28N6O/c31-24(26-17-18-6-5-11-25-16-18)19-9-14-30(15-10-19)23-22(29-12-3-4-13-29)27-20-7-1-2-8-21(20)28-23/h1-2,5-8,11,16,19H,3-4,9-10,12-15,17H2,(H,26,31). The van der Waals surface area contributed by atoms with E-state index in [1.54, 1.807) is 12.4 Å². The fraction of sp³-hybridized carbons (Fsp3) is 0.417. The predicted molar refractivity (Wildman–Crippen MR) is 122 cm³/mol. The second-order valence-corrected chi connectivity index (χ2v) is 8.39. The minimum Gasteiger partial charge on any atom is -0.354 e. The van der Waals surface area contributed by atoms with Crippen LogP contribution in [0.2, 0.25) is 0 Å². The summed E-state index contributed by atoms with van der Waals surface area (Å²) in [5.74, 6) is 2.13. The molecule has 1 aromatic carbocycles. The number of fused-ring (bicyclic) bond motifs is 1. The van der Waals surface area contributed by atoms with Crippen molar-refractivity contribution in [3.05, 3.63) is 54.4 Å². The molecule has 2 aliphatic heterocycles. The molecule has 5 rings (SSSR count). The third kappa shape index (κ3) is 4.31. The number of piperidine rings is 1. The first-order chi connectivity index (χ1) is 15.3. The van der Waals surface area contributed by atoms with E-state index in [2.05, 4.69) is 20.1 Å². The van der Waals surface area contributed by atoms with E-state index in [0.29, 0.717) is 6.54 Å². The van der Waals surface area contributed by atoms with E-state index in [1.807, 2.05) is 36.4 Å². The maximum atomic E-state index is 12.7. The van der Waals surface area contributed by atoms with Crippen molar-refractivity contribution in [2.75, 3.05) is 36.0 Å². The van der Waals surface area contributed by atoms with E-state index in [1.165, 1.54) is 12.8 Å². The Bertz CT molecular complexity index is 1040. The van der Waals surface area contributed by atoms with Crippen molar-refractivity contribution in [3.63, 3.8) is 0 Å². The molecule has 3 aromatic rings. The Kier molecular flexibility index (Phi) is 5.65. The van der Waals surface area contributed by atoms with Crippen LogP contribution in [0.1, 0.15) is 31.2 Å². The van der Waals surface area contributed by atoms with Crippen LogP contribution in [0.4, 0.5) is 11.6 Å². The summed E-state index contributed by atoms with van der Waals surface area (Å²) in [5, 5.41) is 3.07. The van der Waals surface area contributed by atoms with Crippen LogP contribution < -0.4 is 15.1 Å². The van der Waals surface area contributed by atoms with Crippen molar-refractivity contribution >= 4 is 28.6 Å². The lowest BCUT2D eigenvalue weighted by Crippen LogP contribution is -2.41. The summed E-state index contributed by atoms with van der Waals surface area (Å²) in [4.78, 5) is 31.5. The summed E-state index contributed by atoms with van der Waals surface area (Å²) >= 11 is 0. The second-order valence-electron chi connectivity index (χ2n) is 8.39. The van der Waals surface area contributed by atoms with Crippen LogP contribution in [0.15, 0.2) is 48.8 Å². The maximum Gasteiger partial charge on any atom is 0.223 e. The first-order valence-electron chi connectivity index (χ1n) is 11.2. The number of hydrogen-bond donors (Lipinski definition) is 1. The molecule has 2 aliphatic rings. The number of carbonyl (C=O) groups excluding carboxylic acids is 1. The number of anilines is 2. The van der Waals surface area contributed by atoms with Gasteiger partial charge >= 0.3 is 0 Å². The van der Waals surface area contributed by atoms with Crippen LogP contribution in [-0.4, -0.2) is 47.0 Å². The zero-order valence-corrected chi connectivity index (χ0v) is 17.7. The average molecular weight is 417 g/mol. The summed E-state index contributed by atoms with van der Waals surface area (Å²) in [6.45, 7) is 4.24. The van der Waals surface area contributed by atoms with Crippen molar-refractivity contribution in [2.45, 2.75) is 32.2 Å². The lowest BCUT2D eigenvalue weighted by atomic mass is 9.96. The van der Waals surface area contributed by atoms with Crippen molar-refractivity contribution in [1.29, 1.82) is 0 Å². The fourth-order valence-electron chi connectivity index (χ4n) is 4.52. The third-order valence-corrected chi connectivity index (χ3v) is 6.29. The number of hydrogen-bond acceptors (Lipinski definition) is 6. The number of pyridine rings is 1. The molecule has 2 aromatic heterocycles. The minimum absolute atomic E-state index is 0.0385. The van der Waals surface area contributed by atoms with Gasteiger partial charge in [-0.25, -0.2) is 9.97 Å². The quantitative estimate of drug-likeness (QED) is 0.689. The largest absolute Gasteiger partial charge is 0.354 e. The summed E-state index contributed by atoms with van der Waals surface area (Å²) in [7, 11) is 0. The molecule has 1 amide bonds. The second kappa shape index (κ2) is 8.88. The topological polar surface area (TPSA) is 74.2 Å². The Labute approximate surface area is 182 Å². The zero-order chi connectivity index (χ0) is 21.0. The maximum absolute atomic E-state index is 12.7. The van der Waals surface area contributed by atoms with E-state index in [-0.39, 0.29) is 11.8 Å². The molecule has 0 saturated carbocycles. The molecule has 7 heteroatoms. The molecule has 160 valence electrons. The Morgan fingerprint density at radius 1 is 0.903 bits per heavy atom. The van der Waals surface area contributed by atoms with Gasteiger partial charge in [-0.2, -0.15) is 0 Å². The van der Waals surface area contributed by atoms with Crippen LogP contribution in [0, 0.1) is 5.92 Å². The highest BCUT2D eigenvalue weighted by Crippen LogP contribution is 2.33. The van der Waals surface area contributed by atoms with Gasteiger partial charge in [0, 0.05) is 51.0 Å². The van der Waals surface area contributed by atoms with Crippen molar-refractivity contribution in [2.24, 2.45) is 5.92 Å². The highest BCUT2D eigenvalue weighted by atomic mass is 16.1. The van der Waals surface area contributed by atoms with Crippen LogP contribution in [0.5, 0.6) is 0 Å². The highest BCUT2D eigenvalue weighted by molar-refractivity contribution is 5.82. The molecule has 2 fully saturated rings. The third-order valence-electron chi connectivity index (χ3n) is 6.29. The van der Waals surface area contributed by atoms with Crippen LogP contribution in [0.25, 0.3) is 11.0 Å². The normalized spacial score (nSPS) is 17.3. The SMILES string of the molecule is O=C(NCc1cccnc1)C1CCN(c2nc3ccccc3nc2N2CCCC2)CC1. The molecular formula is C24H28N6O. The summed E-state index contributed by atoms with van der Waals surface area (Å²) in [6.07, 6.45) is 7.59. The number of aromatic nitrogens is 3. The highest BCUT2D eigenvalue weighted by Gasteiger charge is 2.29. The molecule has 0 spiro atoms. The number of nitrogens with zero attached hydrogens (tertiary/aromatic N) is 5. The lowest BCUT2D eigenvalue weighted by molar-refractivity contribution is -0.125. The van der Waals surface area contributed by atoms with E-state index in [9.17, 15) is 4.79 Å².